The molecule has 11 heterocycles. The van der Waals surface area contributed by atoms with Crippen molar-refractivity contribution in [3.63, 3.8) is 0 Å². The van der Waals surface area contributed by atoms with Crippen LogP contribution in [0.1, 0.15) is 75.0 Å². The molecule has 5 aliphatic heterocycles. The molecule has 610 valence electrons. The number of amides is 11. The molecule has 44 heteroatoms. The number of benzene rings is 3. The Hall–Kier alpha value is -13.2. The first-order chi connectivity index (χ1) is 56.3. The van der Waals surface area contributed by atoms with Gasteiger partial charge in [0.25, 0.3) is 0 Å². The number of urea groups is 5. The number of carbonyl (C=O) groups is 9. The summed E-state index contributed by atoms with van der Waals surface area (Å²) in [5.41, 5.74) is 5.03. The zero-order valence-electron chi connectivity index (χ0n) is 62.1. The summed E-state index contributed by atoms with van der Waals surface area (Å²) in [6.07, 6.45) is 3.97. The summed E-state index contributed by atoms with van der Waals surface area (Å²) in [5, 5.41) is 54.3. The summed E-state index contributed by atoms with van der Waals surface area (Å²) in [6.45, 7) is 5.20. The van der Waals surface area contributed by atoms with Gasteiger partial charge in [-0.05, 0) is 38.8 Å². The van der Waals surface area contributed by atoms with Crippen LogP contribution in [0.5, 0.6) is 0 Å². The van der Waals surface area contributed by atoms with Crippen LogP contribution in [0.25, 0.3) is 39.6 Å². The third kappa shape index (κ3) is 19.3. The monoisotopic (exact) mass is 1600 g/mol. The maximum Gasteiger partial charge on any atom is 0.407 e. The maximum absolute atomic E-state index is 12.1. The Morgan fingerprint density at radius 1 is 0.431 bits per heavy atom. The number of ether oxygens (including phenoxy) is 9. The lowest BCUT2D eigenvalue weighted by Gasteiger charge is -2.21. The molecule has 44 nitrogen and oxygen atoms in total. The summed E-state index contributed by atoms with van der Waals surface area (Å²) in [7, 11) is 0. The van der Waals surface area contributed by atoms with E-state index in [4.69, 9.17) is 58.0 Å². The summed E-state index contributed by atoms with van der Waals surface area (Å²) in [5.74, 6) is -2.91. The molecule has 6 fully saturated rings. The second-order valence-corrected chi connectivity index (χ2v) is 26.3. The number of aliphatic carboxylic acids is 3. The molecule has 5 saturated heterocycles. The Balaban J connectivity index is 0.000000151. The molecule has 6 aromatic heterocycles. The van der Waals surface area contributed by atoms with Crippen molar-refractivity contribution >= 4 is 111 Å². The number of fused-ring (bicyclic) bond motifs is 6. The number of nitrogens with one attached hydrogen (secondary N) is 11. The molecule has 15 rings (SSSR count). The van der Waals surface area contributed by atoms with Crippen LogP contribution in [-0.4, -0.2) is 242 Å². The van der Waals surface area contributed by atoms with Gasteiger partial charge in [-0.2, -0.15) is 0 Å². The molecule has 14 N–H and O–H groups in total. The molecule has 0 radical (unpaired) electrons. The zero-order chi connectivity index (χ0) is 81.4. The van der Waals surface area contributed by atoms with E-state index in [1.165, 1.54) is 31.6 Å². The van der Waals surface area contributed by atoms with Crippen LogP contribution >= 0.6 is 0 Å². The summed E-state index contributed by atoms with van der Waals surface area (Å²) in [4.78, 5) is 143. The second-order valence-electron chi connectivity index (χ2n) is 26.3. The van der Waals surface area contributed by atoms with Gasteiger partial charge in [0.1, 0.15) is 88.0 Å². The van der Waals surface area contributed by atoms with E-state index in [1.807, 2.05) is 115 Å². The Labute approximate surface area is 656 Å². The van der Waals surface area contributed by atoms with Crippen LogP contribution in [0.4, 0.5) is 46.2 Å². The molecule has 12 unspecified atom stereocenters. The summed E-state index contributed by atoms with van der Waals surface area (Å²) in [6, 6.07) is 25.8. The number of carboxylic acid groups (broad SMARTS) is 3. The molecule has 1 saturated carbocycles. The predicted octanol–water partition coefficient (Wildman–Crippen LogP) is 3.63. The van der Waals surface area contributed by atoms with Crippen molar-refractivity contribution in [3.8, 4) is 0 Å². The molecular formula is C72H81N23O21. The smallest absolute Gasteiger partial charge is 0.407 e. The van der Waals surface area contributed by atoms with Gasteiger partial charge >= 0.3 is 54.2 Å². The first-order valence-corrected chi connectivity index (χ1v) is 36.6. The number of alkyl carbamates (subject to hydrolysis) is 1. The Morgan fingerprint density at radius 3 is 1.32 bits per heavy atom. The lowest BCUT2D eigenvalue weighted by Crippen LogP contribution is -2.44. The molecule has 6 aliphatic rings. The van der Waals surface area contributed by atoms with Gasteiger partial charge in [0.2, 0.25) is 0 Å². The topological polar surface area (TPSA) is 561 Å². The Bertz CT molecular complexity index is 4810. The van der Waals surface area contributed by atoms with Gasteiger partial charge in [-0.3, -0.25) is 39.5 Å². The van der Waals surface area contributed by atoms with Crippen LogP contribution in [-0.2, 0) is 57.0 Å². The van der Waals surface area contributed by atoms with E-state index in [0.717, 1.165) is 16.7 Å². The fourth-order valence-corrected chi connectivity index (χ4v) is 13.6. The van der Waals surface area contributed by atoms with E-state index >= 15 is 0 Å². The van der Waals surface area contributed by atoms with Crippen LogP contribution in [0.2, 0.25) is 0 Å². The van der Waals surface area contributed by atoms with Crippen molar-refractivity contribution in [2.75, 3.05) is 74.9 Å². The SMILES string of the molecule is CCNC(=O)Nc1ncnc2c1ncn2C1CC(CNC(=O)NCC(=O)O)C2O[C@H](/C=C/c3ccccc3)OC21.CCNC(=O)Nc1ncnc2c1ncn2C1OC(CNC(=O)NCC(=O)O)C2O[C@H](c3ccccc3)OC21.CCNC(=O)Nc1ncnc2c1ncn2C1OC(COC(=O)NCC(=O)O)C2O[C@H](c3ccccc3)OC21. The first-order valence-electron chi connectivity index (χ1n) is 36.6. The fraction of sp³-hybridized carbons (Fsp3) is 0.389. The van der Waals surface area contributed by atoms with Crippen molar-refractivity contribution in [2.24, 2.45) is 5.92 Å². The van der Waals surface area contributed by atoms with Gasteiger partial charge in [0.05, 0.1) is 31.1 Å². The van der Waals surface area contributed by atoms with Crippen molar-refractivity contribution in [1.82, 2.24) is 101 Å². The van der Waals surface area contributed by atoms with E-state index in [2.05, 4.69) is 103 Å². The zero-order valence-corrected chi connectivity index (χ0v) is 62.1. The largest absolute Gasteiger partial charge is 0.480 e. The van der Waals surface area contributed by atoms with Crippen molar-refractivity contribution in [1.29, 1.82) is 0 Å². The molecule has 3 aromatic carbocycles. The average molecular weight is 1600 g/mol. The van der Waals surface area contributed by atoms with Crippen LogP contribution in [0, 0.1) is 5.92 Å². The lowest BCUT2D eigenvalue weighted by molar-refractivity contribution is -0.153. The Kier molecular flexibility index (Phi) is 26.2. The van der Waals surface area contributed by atoms with Gasteiger partial charge in [-0.25, -0.2) is 73.6 Å². The van der Waals surface area contributed by atoms with Gasteiger partial charge < -0.3 is 105 Å². The molecule has 116 heavy (non-hydrogen) atoms. The highest BCUT2D eigenvalue weighted by atomic mass is 16.8. The number of imidazole rings is 3. The van der Waals surface area contributed by atoms with E-state index in [9.17, 15) is 43.2 Å². The number of hydrogen-bond acceptors (Lipinski definition) is 27. The summed E-state index contributed by atoms with van der Waals surface area (Å²) < 4.78 is 60.4. The minimum Gasteiger partial charge on any atom is -0.480 e. The highest BCUT2D eigenvalue weighted by molar-refractivity contribution is 5.98. The number of hydrogen-bond donors (Lipinski definition) is 14. The predicted molar refractivity (Wildman–Crippen MR) is 401 cm³/mol. The quantitative estimate of drug-likeness (QED) is 0.0388. The van der Waals surface area contributed by atoms with Gasteiger partial charge in [-0.1, -0.05) is 97.1 Å². The van der Waals surface area contributed by atoms with Crippen molar-refractivity contribution in [3.05, 3.63) is 152 Å². The number of carboxylic acids is 3. The van der Waals surface area contributed by atoms with Crippen LogP contribution in [0.15, 0.2) is 135 Å². The standard InChI is InChI=1S/C26H30N8O6.C23H26N8O7.C23H25N7O8/c1-2-27-26(38)33-23-20-24(31-13-30-23)34(14-32-20)17-10-16(11-28-25(37)29-12-18(35)36)21-22(17)40-19(39-21)9-8-15-6-4-3-5-7-15;1-2-24-23(35)30-18-15-19(28-10-27-18)31(11-29-15)20-17-16(37-21(38-17)12-6-4-3-5-7-12)13(36-20)8-25-22(34)26-9-14(32)33;1-2-24-22(33)29-18-15-19(27-10-26-18)30(11-28-15)20-17-16(37-21(38-17)12-6-4-3-5-7-12)13(36-20)9-35-23(34)25-8-14(31)32/h3-9,13-14,16-17,19,21-22H,2,10-12H2,1H3,(H,35,36)(H2,28,29,37)(H2,27,30,31,33,38);3-7,10-11,13,16-17,20-21H,2,8-9H2,1H3,(H,32,33)(H2,25,26,34)(H2,24,27,28,30,35);3-7,10-11,13,16-17,20-21H,2,8-9H2,1H3,(H,25,34)(H,31,32)(H2,24,26,27,29,33)/b9-8+;;/t16?,17?,19-,21?,22?;2*13?,16?,17?,20?,21-/m000/s1. The van der Waals surface area contributed by atoms with E-state index < -0.39 is 142 Å². The average Bonchev–Trinajstić information content (AvgIpc) is 1.60. The second kappa shape index (κ2) is 37.6. The van der Waals surface area contributed by atoms with E-state index in [-0.39, 0.29) is 61.3 Å². The molecule has 1 aliphatic carbocycles. The molecular weight excluding hydrogens is 1520 g/mol. The fourth-order valence-electron chi connectivity index (χ4n) is 13.6. The highest BCUT2D eigenvalue weighted by Crippen LogP contribution is 2.48. The number of rotatable bonds is 25. The first kappa shape index (κ1) is 80.8. The van der Waals surface area contributed by atoms with Crippen molar-refractivity contribution in [2.45, 2.75) is 113 Å². The highest BCUT2D eigenvalue weighted by Gasteiger charge is 2.57. The van der Waals surface area contributed by atoms with Crippen LogP contribution < -0.4 is 58.5 Å². The normalized spacial score (nSPS) is 23.9. The number of nitrogens with zero attached hydrogens (tertiary/aromatic N) is 12. The summed E-state index contributed by atoms with van der Waals surface area (Å²) >= 11 is 0. The van der Waals surface area contributed by atoms with Crippen LogP contribution in [0.3, 0.4) is 0 Å². The minimum atomic E-state index is -1.20. The molecule has 9 aromatic rings. The van der Waals surface area contributed by atoms with Gasteiger partial charge in [-0.15, -0.1) is 0 Å². The third-order valence-corrected chi connectivity index (χ3v) is 18.6. The molecule has 0 bridgehead atoms. The van der Waals surface area contributed by atoms with E-state index in [0.29, 0.717) is 59.5 Å². The molecule has 0 spiro atoms. The van der Waals surface area contributed by atoms with E-state index in [1.54, 1.807) is 29.3 Å². The van der Waals surface area contributed by atoms with Crippen molar-refractivity contribution < 1.29 is 101 Å². The van der Waals surface area contributed by atoms with Gasteiger partial charge in [0, 0.05) is 49.8 Å². The Morgan fingerprint density at radius 2 is 0.845 bits per heavy atom. The molecule has 11 amide bonds. The minimum absolute atomic E-state index is 0.0274. The lowest BCUT2D eigenvalue weighted by atomic mass is 10.1. The number of anilines is 3. The number of carbonyl (C=O) groups excluding carboxylic acids is 6. The molecule has 15 atom stereocenters. The van der Waals surface area contributed by atoms with Gasteiger partial charge in [0.15, 0.2) is 82.3 Å². The number of aromatic nitrogens is 12. The third-order valence-electron chi connectivity index (χ3n) is 18.6. The maximum atomic E-state index is 12.1.